The average Bonchev–Trinajstić information content (AvgIpc) is 3.02. The minimum absolute atomic E-state index is 0.216. The van der Waals surface area contributed by atoms with Gasteiger partial charge in [-0.2, -0.15) is 0 Å². The second-order valence-electron chi connectivity index (χ2n) is 12.9. The number of ether oxygens (including phenoxy) is 2. The number of rotatable bonds is 35. The van der Waals surface area contributed by atoms with Crippen molar-refractivity contribution in [3.05, 3.63) is 12.2 Å². The fourth-order valence-corrected chi connectivity index (χ4v) is 5.77. The van der Waals surface area contributed by atoms with Crippen LogP contribution in [0.2, 0.25) is 0 Å². The number of allylic oxidation sites excluding steroid dienone is 2. The van der Waals surface area contributed by atoms with E-state index in [1.54, 1.807) is 0 Å². The van der Waals surface area contributed by atoms with Gasteiger partial charge in [0.05, 0.1) is 6.61 Å². The molecule has 0 aliphatic heterocycles. The zero-order valence-electron chi connectivity index (χ0n) is 29.7. The first kappa shape index (κ1) is 44.8. The highest BCUT2D eigenvalue weighted by Gasteiger charge is 2.22. The van der Waals surface area contributed by atoms with Gasteiger partial charge in [0.1, 0.15) is 6.61 Å². The maximum atomic E-state index is 12.4. The third kappa shape index (κ3) is 35.6. The Kier molecular flexibility index (Phi) is 32.8. The van der Waals surface area contributed by atoms with Gasteiger partial charge in [0.2, 0.25) is 0 Å². The van der Waals surface area contributed by atoms with Crippen molar-refractivity contribution in [2.75, 3.05) is 13.2 Å². The van der Waals surface area contributed by atoms with Crippen molar-refractivity contribution < 1.29 is 37.9 Å². The molecule has 2 N–H and O–H groups in total. The molecule has 0 rings (SSSR count). The van der Waals surface area contributed by atoms with Crippen LogP contribution in [0.3, 0.4) is 0 Å². The summed E-state index contributed by atoms with van der Waals surface area (Å²) in [6.45, 7) is 3.64. The van der Waals surface area contributed by atoms with Crippen LogP contribution in [-0.4, -0.2) is 41.0 Å². The molecule has 0 radical (unpaired) electrons. The van der Waals surface area contributed by atoms with E-state index in [-0.39, 0.29) is 19.4 Å². The molecule has 0 heterocycles. The number of carbonyl (C=O) groups excluding carboxylic acids is 2. The van der Waals surface area contributed by atoms with E-state index in [0.717, 1.165) is 57.8 Å². The Bertz CT molecular complexity index is 766. The van der Waals surface area contributed by atoms with Crippen LogP contribution in [0.25, 0.3) is 0 Å². The van der Waals surface area contributed by atoms with Gasteiger partial charge in [-0.1, -0.05) is 161 Å². The van der Waals surface area contributed by atoms with E-state index in [2.05, 4.69) is 30.5 Å². The highest BCUT2D eigenvalue weighted by atomic mass is 31.2. The van der Waals surface area contributed by atoms with E-state index in [1.165, 1.54) is 96.3 Å². The molecule has 0 aliphatic rings. The second kappa shape index (κ2) is 33.7. The lowest BCUT2D eigenvalue weighted by molar-refractivity contribution is -0.161. The van der Waals surface area contributed by atoms with Gasteiger partial charge in [-0.15, -0.1) is 0 Å². The number of unbranched alkanes of at least 4 members (excludes halogenated alkanes) is 23. The van der Waals surface area contributed by atoms with E-state index in [9.17, 15) is 14.2 Å². The topological polar surface area (TPSA) is 119 Å². The van der Waals surface area contributed by atoms with Gasteiger partial charge in [0, 0.05) is 12.8 Å². The predicted octanol–water partition coefficient (Wildman–Crippen LogP) is 11.1. The SMILES string of the molecule is CCCC/C=C/CCCCCCCC(=O)OC[C@H](COP(=O)(O)O)OC(=O)CCCCCCCCCCCCCCCCCCC. The summed E-state index contributed by atoms with van der Waals surface area (Å²) >= 11 is 0. The zero-order chi connectivity index (χ0) is 34.0. The smallest absolute Gasteiger partial charge is 0.462 e. The lowest BCUT2D eigenvalue weighted by Gasteiger charge is -2.18. The molecule has 0 saturated carbocycles. The first-order valence-corrected chi connectivity index (χ1v) is 20.5. The van der Waals surface area contributed by atoms with Gasteiger partial charge in [-0.05, 0) is 32.1 Å². The first-order chi connectivity index (χ1) is 22.3. The minimum Gasteiger partial charge on any atom is -0.462 e. The lowest BCUT2D eigenvalue weighted by atomic mass is 10.0. The molecule has 46 heavy (non-hydrogen) atoms. The summed E-state index contributed by atoms with van der Waals surface area (Å²) in [5.74, 6) is -0.888. The number of hydrogen-bond acceptors (Lipinski definition) is 6. The highest BCUT2D eigenvalue weighted by Crippen LogP contribution is 2.36. The summed E-state index contributed by atoms with van der Waals surface area (Å²) in [5, 5.41) is 0. The quantitative estimate of drug-likeness (QED) is 0.0295. The van der Waals surface area contributed by atoms with Crippen LogP contribution in [0, 0.1) is 0 Å². The van der Waals surface area contributed by atoms with Crippen molar-refractivity contribution in [1.29, 1.82) is 0 Å². The molecular formula is C37H71O8P. The molecule has 0 saturated heterocycles. The van der Waals surface area contributed by atoms with E-state index >= 15 is 0 Å². The summed E-state index contributed by atoms with van der Waals surface area (Å²) in [5.41, 5.74) is 0. The normalized spacial score (nSPS) is 12.5. The standard InChI is InChI=1S/C37H71O8P/c1-3-5-7-9-11-13-15-16-17-18-19-20-22-24-26-28-30-32-37(39)45-35(34-44-46(40,41)42)33-43-36(38)31-29-27-25-23-21-14-12-10-8-6-4-2/h10,12,35H,3-9,11,13-34H2,1-2H3,(H2,40,41,42)/b12-10+/t35-/m1/s1. The van der Waals surface area contributed by atoms with Crippen LogP contribution in [0.5, 0.6) is 0 Å². The monoisotopic (exact) mass is 674 g/mol. The van der Waals surface area contributed by atoms with Gasteiger partial charge in [0.15, 0.2) is 6.10 Å². The van der Waals surface area contributed by atoms with Crippen molar-refractivity contribution >= 4 is 19.8 Å². The van der Waals surface area contributed by atoms with Gasteiger partial charge >= 0.3 is 19.8 Å². The molecule has 0 aromatic heterocycles. The number of phosphoric ester groups is 1. The third-order valence-electron chi connectivity index (χ3n) is 8.28. The molecule has 0 spiro atoms. The van der Waals surface area contributed by atoms with Crippen molar-refractivity contribution in [2.45, 2.75) is 200 Å². The molecule has 1 atom stereocenters. The Hall–Kier alpha value is -1.21. The summed E-state index contributed by atoms with van der Waals surface area (Å²) < 4.78 is 26.3. The van der Waals surface area contributed by atoms with Gasteiger partial charge in [0.25, 0.3) is 0 Å². The predicted molar refractivity (Wildman–Crippen MR) is 189 cm³/mol. The fourth-order valence-electron chi connectivity index (χ4n) is 5.41. The van der Waals surface area contributed by atoms with Crippen LogP contribution in [-0.2, 0) is 28.2 Å². The van der Waals surface area contributed by atoms with Crippen molar-refractivity contribution in [1.82, 2.24) is 0 Å². The van der Waals surface area contributed by atoms with Gasteiger partial charge in [-0.25, -0.2) is 4.57 Å². The highest BCUT2D eigenvalue weighted by molar-refractivity contribution is 7.46. The molecule has 0 unspecified atom stereocenters. The third-order valence-corrected chi connectivity index (χ3v) is 8.77. The van der Waals surface area contributed by atoms with Crippen molar-refractivity contribution in [3.63, 3.8) is 0 Å². The number of phosphoric acid groups is 1. The van der Waals surface area contributed by atoms with Crippen molar-refractivity contribution in [2.24, 2.45) is 0 Å². The van der Waals surface area contributed by atoms with Crippen LogP contribution < -0.4 is 0 Å². The molecule has 0 aromatic carbocycles. The fraction of sp³-hybridized carbons (Fsp3) is 0.892. The molecule has 9 heteroatoms. The molecule has 0 fully saturated rings. The molecule has 0 amide bonds. The minimum atomic E-state index is -4.74. The van der Waals surface area contributed by atoms with E-state index < -0.39 is 32.5 Å². The van der Waals surface area contributed by atoms with Crippen LogP contribution in [0.15, 0.2) is 12.2 Å². The Morgan fingerprint density at radius 1 is 0.543 bits per heavy atom. The molecule has 272 valence electrons. The first-order valence-electron chi connectivity index (χ1n) is 19.0. The lowest BCUT2D eigenvalue weighted by Crippen LogP contribution is -2.29. The number of carbonyl (C=O) groups is 2. The molecule has 0 aliphatic carbocycles. The van der Waals surface area contributed by atoms with Gasteiger partial charge < -0.3 is 19.3 Å². The Morgan fingerprint density at radius 3 is 1.39 bits per heavy atom. The Balaban J connectivity index is 3.91. The number of esters is 2. The van der Waals surface area contributed by atoms with Crippen LogP contribution >= 0.6 is 7.82 Å². The molecule has 0 bridgehead atoms. The number of hydrogen-bond donors (Lipinski definition) is 2. The van der Waals surface area contributed by atoms with E-state index in [0.29, 0.717) is 12.8 Å². The average molecular weight is 675 g/mol. The van der Waals surface area contributed by atoms with Crippen LogP contribution in [0.1, 0.15) is 194 Å². The second-order valence-corrected chi connectivity index (χ2v) is 14.1. The van der Waals surface area contributed by atoms with E-state index in [1.807, 2.05) is 0 Å². The summed E-state index contributed by atoms with van der Waals surface area (Å²) in [4.78, 5) is 42.6. The molecule has 0 aromatic rings. The van der Waals surface area contributed by atoms with Crippen LogP contribution in [0.4, 0.5) is 0 Å². The maximum Gasteiger partial charge on any atom is 0.469 e. The molecular weight excluding hydrogens is 603 g/mol. The summed E-state index contributed by atoms with van der Waals surface area (Å²) in [6.07, 6.45) is 35.1. The Labute approximate surface area is 282 Å². The summed E-state index contributed by atoms with van der Waals surface area (Å²) in [7, 11) is -4.74. The maximum absolute atomic E-state index is 12.4. The van der Waals surface area contributed by atoms with Crippen molar-refractivity contribution in [3.8, 4) is 0 Å². The van der Waals surface area contributed by atoms with E-state index in [4.69, 9.17) is 19.3 Å². The molecule has 8 nitrogen and oxygen atoms in total. The Morgan fingerprint density at radius 2 is 0.935 bits per heavy atom. The largest absolute Gasteiger partial charge is 0.469 e. The zero-order valence-corrected chi connectivity index (χ0v) is 30.6. The van der Waals surface area contributed by atoms with Gasteiger partial charge in [-0.3, -0.25) is 14.1 Å². The summed E-state index contributed by atoms with van der Waals surface area (Å²) in [6, 6.07) is 0.